The number of aliphatic hydroxyl groups is 1. The Morgan fingerprint density at radius 2 is 1.20 bits per heavy atom. The van der Waals surface area contributed by atoms with Gasteiger partial charge in [-0.15, -0.1) is 0 Å². The van der Waals surface area contributed by atoms with E-state index in [2.05, 4.69) is 20.3 Å². The fourth-order valence-corrected chi connectivity index (χ4v) is 5.18. The molecule has 0 aliphatic carbocycles. The van der Waals surface area contributed by atoms with Crippen molar-refractivity contribution in [3.63, 3.8) is 0 Å². The van der Waals surface area contributed by atoms with E-state index in [-0.39, 0.29) is 18.9 Å². The summed E-state index contributed by atoms with van der Waals surface area (Å²) < 4.78 is 30.6. The number of rotatable bonds is 12. The summed E-state index contributed by atoms with van der Waals surface area (Å²) in [6, 6.07) is 29.8. The van der Waals surface area contributed by atoms with Crippen LogP contribution in [-0.4, -0.2) is 54.7 Å². The van der Waals surface area contributed by atoms with Gasteiger partial charge < -0.3 is 27.8 Å². The van der Waals surface area contributed by atoms with Crippen molar-refractivity contribution in [2.45, 2.75) is 50.5 Å². The van der Waals surface area contributed by atoms with Crippen LogP contribution in [0.15, 0.2) is 91.0 Å². The molecule has 35 heavy (non-hydrogen) atoms. The van der Waals surface area contributed by atoms with Crippen molar-refractivity contribution in [3.05, 3.63) is 108 Å². The molecule has 0 amide bonds. The fraction of sp³-hybridized carbons (Fsp3) is 0.333. The highest BCUT2D eigenvalue weighted by Gasteiger charge is 2.47. The molecular formula is C27H29AlIO6. The minimum absolute atomic E-state index is 0.280. The van der Waals surface area contributed by atoms with Crippen LogP contribution in [0.3, 0.4) is 0 Å². The van der Waals surface area contributed by atoms with Gasteiger partial charge in [-0.3, -0.25) is 0 Å². The zero-order chi connectivity index (χ0) is 24.3. The Morgan fingerprint density at radius 3 is 1.71 bits per heavy atom. The highest BCUT2D eigenvalue weighted by Crippen LogP contribution is 2.29. The molecule has 4 rings (SSSR count). The first kappa shape index (κ1) is 26.7. The molecule has 1 aliphatic heterocycles. The molecule has 1 saturated heterocycles. The lowest BCUT2D eigenvalue weighted by Gasteiger charge is -2.44. The van der Waals surface area contributed by atoms with Gasteiger partial charge in [0.1, 0.15) is 24.4 Å². The highest BCUT2D eigenvalue weighted by atomic mass is 127. The molecule has 1 radical (unpaired) electrons. The first-order valence-corrected chi connectivity index (χ1v) is 16.2. The number of benzene rings is 3. The maximum atomic E-state index is 11.1. The molecule has 0 saturated carbocycles. The maximum absolute atomic E-state index is 11.1. The molecule has 0 aromatic heterocycles. The number of hydrogen-bond acceptors (Lipinski definition) is 6. The third kappa shape index (κ3) is 8.09. The SMILES string of the molecule is OC1[C@H]([O][Al][I])OC(COCc2ccccc2)[C@H](OCc2ccccc2)[C@@H]1OCc1ccccc1. The molecule has 0 bridgehead atoms. The number of aliphatic hydroxyl groups excluding tert-OH is 1. The van der Waals surface area contributed by atoms with E-state index in [0.29, 0.717) is 19.8 Å². The van der Waals surface area contributed by atoms with E-state index >= 15 is 0 Å². The van der Waals surface area contributed by atoms with Crippen molar-refractivity contribution in [2.75, 3.05) is 6.61 Å². The van der Waals surface area contributed by atoms with Gasteiger partial charge in [-0.25, -0.2) is 0 Å². The fourth-order valence-electron chi connectivity index (χ4n) is 3.98. The molecule has 8 heteroatoms. The van der Waals surface area contributed by atoms with Gasteiger partial charge in [-0.05, 0) is 16.7 Å². The molecule has 1 heterocycles. The van der Waals surface area contributed by atoms with E-state index in [1.165, 1.54) is 0 Å². The van der Waals surface area contributed by atoms with Crippen molar-refractivity contribution in [2.24, 2.45) is 0 Å². The third-order valence-corrected chi connectivity index (χ3v) is 7.02. The second-order valence-electron chi connectivity index (χ2n) is 8.28. The normalized spacial score (nSPS) is 24.2. The van der Waals surface area contributed by atoms with Crippen LogP contribution >= 0.6 is 20.3 Å². The Labute approximate surface area is 224 Å². The summed E-state index contributed by atoms with van der Waals surface area (Å²) in [5.41, 5.74) is 3.12. The van der Waals surface area contributed by atoms with Crippen LogP contribution in [0.2, 0.25) is 0 Å². The van der Waals surface area contributed by atoms with Crippen LogP contribution < -0.4 is 0 Å². The molecule has 1 aliphatic rings. The van der Waals surface area contributed by atoms with Crippen LogP contribution in [0.4, 0.5) is 0 Å². The second-order valence-corrected chi connectivity index (χ2v) is 10.3. The monoisotopic (exact) mass is 603 g/mol. The van der Waals surface area contributed by atoms with Crippen LogP contribution in [0.1, 0.15) is 16.7 Å². The van der Waals surface area contributed by atoms with Crippen molar-refractivity contribution in [1.82, 2.24) is 0 Å². The smallest absolute Gasteiger partial charge is 0.474 e. The number of ether oxygens (including phenoxy) is 4. The predicted octanol–water partition coefficient (Wildman–Crippen LogP) is 4.45. The molecule has 6 nitrogen and oxygen atoms in total. The number of halogens is 1. The summed E-state index contributed by atoms with van der Waals surface area (Å²) in [4.78, 5) is 0. The Hall–Kier alpha value is -1.32. The van der Waals surface area contributed by atoms with Gasteiger partial charge in [0.2, 0.25) is 0 Å². The molecule has 3 aromatic carbocycles. The molecule has 1 fully saturated rings. The maximum Gasteiger partial charge on any atom is 0.526 e. The zero-order valence-electron chi connectivity index (χ0n) is 19.3. The van der Waals surface area contributed by atoms with Crippen LogP contribution in [0.25, 0.3) is 0 Å². The van der Waals surface area contributed by atoms with E-state index in [1.54, 1.807) is 0 Å². The lowest BCUT2D eigenvalue weighted by atomic mass is 9.98. The van der Waals surface area contributed by atoms with Gasteiger partial charge in [0.05, 0.1) is 26.4 Å². The lowest BCUT2D eigenvalue weighted by molar-refractivity contribution is -0.299. The van der Waals surface area contributed by atoms with Gasteiger partial charge in [-0.2, -0.15) is 20.3 Å². The van der Waals surface area contributed by atoms with Crippen molar-refractivity contribution in [1.29, 1.82) is 0 Å². The van der Waals surface area contributed by atoms with Crippen LogP contribution in [0.5, 0.6) is 0 Å². The van der Waals surface area contributed by atoms with Crippen molar-refractivity contribution in [3.8, 4) is 0 Å². The first-order valence-electron chi connectivity index (χ1n) is 11.6. The van der Waals surface area contributed by atoms with Crippen LogP contribution in [-0.2, 0) is 42.6 Å². The molecule has 0 spiro atoms. The van der Waals surface area contributed by atoms with Crippen LogP contribution in [0, 0.1) is 0 Å². The molecular weight excluding hydrogens is 574 g/mol. The summed E-state index contributed by atoms with van der Waals surface area (Å²) in [5.74, 6) is 0. The standard InChI is InChI=1S/C27H29O6.Al.HI/c28-24-26(32-18-22-14-8-3-9-15-22)25(31-17-21-12-6-2-7-13-21)23(33-27(24)29)19-30-16-20-10-4-1-5-11-20;;/h1-15,23-28H,16-19H2;;1H/q-1;+2;/p-1/t23?,24?,25-,26+,27+;;/m0../s1. The Bertz CT molecular complexity index is 981. The zero-order valence-corrected chi connectivity index (χ0v) is 22.6. The summed E-state index contributed by atoms with van der Waals surface area (Å²) in [5, 5.41) is 11.1. The molecule has 2 unspecified atom stereocenters. The molecule has 1 N–H and O–H groups in total. The van der Waals surface area contributed by atoms with Gasteiger partial charge >= 0.3 is 12.3 Å². The molecule has 5 atom stereocenters. The van der Waals surface area contributed by atoms with Crippen molar-refractivity contribution >= 4 is 32.5 Å². The minimum Gasteiger partial charge on any atom is -0.474 e. The lowest BCUT2D eigenvalue weighted by Crippen LogP contribution is -2.61. The first-order chi connectivity index (χ1) is 17.2. The van der Waals surface area contributed by atoms with Crippen molar-refractivity contribution < 1.29 is 27.8 Å². The third-order valence-electron chi connectivity index (χ3n) is 5.76. The van der Waals surface area contributed by atoms with Gasteiger partial charge in [0.25, 0.3) is 0 Å². The van der Waals surface area contributed by atoms with E-state index in [4.69, 9.17) is 22.7 Å². The average Bonchev–Trinajstić information content (AvgIpc) is 2.90. The Kier molecular flexibility index (Phi) is 11.0. The molecule has 183 valence electrons. The summed E-state index contributed by atoms with van der Waals surface area (Å²) in [6.45, 7) is 1.44. The molecule has 3 aromatic rings. The number of hydrogen-bond donors (Lipinski definition) is 1. The highest BCUT2D eigenvalue weighted by molar-refractivity contribution is 14.1. The summed E-state index contributed by atoms with van der Waals surface area (Å²) in [6.07, 6.45) is -3.46. The van der Waals surface area contributed by atoms with E-state index in [9.17, 15) is 5.11 Å². The minimum atomic E-state index is -0.993. The van der Waals surface area contributed by atoms with E-state index < -0.39 is 30.7 Å². The van der Waals surface area contributed by atoms with E-state index in [1.807, 2.05) is 91.0 Å². The quantitative estimate of drug-likeness (QED) is 0.244. The summed E-state index contributed by atoms with van der Waals surface area (Å²) in [7, 11) is 0. The largest absolute Gasteiger partial charge is 0.526 e. The predicted molar refractivity (Wildman–Crippen MR) is 142 cm³/mol. The van der Waals surface area contributed by atoms with E-state index in [0.717, 1.165) is 16.7 Å². The van der Waals surface area contributed by atoms with Gasteiger partial charge in [0, 0.05) is 0 Å². The second kappa shape index (κ2) is 14.4. The topological polar surface area (TPSA) is 66.4 Å². The summed E-state index contributed by atoms with van der Waals surface area (Å²) >= 11 is 1.81. The van der Waals surface area contributed by atoms with Gasteiger partial charge in [-0.1, -0.05) is 91.0 Å². The van der Waals surface area contributed by atoms with Gasteiger partial charge in [0.15, 0.2) is 6.29 Å². The Balaban J connectivity index is 1.50. The Morgan fingerprint density at radius 1 is 0.714 bits per heavy atom. The average molecular weight is 603 g/mol.